The van der Waals surface area contributed by atoms with Gasteiger partial charge in [-0.3, -0.25) is 0 Å². The van der Waals surface area contributed by atoms with E-state index in [2.05, 4.69) is 0 Å². The first-order valence-electron chi connectivity index (χ1n) is 3.06. The van der Waals surface area contributed by atoms with Crippen LogP contribution in [0.25, 0.3) is 0 Å². The fourth-order valence-corrected chi connectivity index (χ4v) is 1.49. The molecular formula is C7H6Cl2O3. The largest absolute Gasteiger partial charge is 0.508 e. The van der Waals surface area contributed by atoms with Gasteiger partial charge < -0.3 is 15.3 Å². The molecule has 12 heavy (non-hydrogen) atoms. The third-order valence-corrected chi connectivity index (χ3v) is 1.95. The molecule has 0 saturated carbocycles. The summed E-state index contributed by atoms with van der Waals surface area (Å²) in [5.41, 5.74) is -0.00358. The van der Waals surface area contributed by atoms with Gasteiger partial charge in [-0.1, -0.05) is 23.2 Å². The quantitative estimate of drug-likeness (QED) is 0.616. The Morgan fingerprint density at radius 2 is 1.50 bits per heavy atom. The third kappa shape index (κ3) is 1.81. The summed E-state index contributed by atoms with van der Waals surface area (Å²) in [6.45, 7) is 0. The molecule has 0 radical (unpaired) electrons. The Labute approximate surface area is 78.8 Å². The van der Waals surface area contributed by atoms with Crippen LogP contribution in [0.4, 0.5) is 0 Å². The molecule has 66 valence electrons. The SMILES string of the molecule is Oc1cc(Cl)c(C(O)O)c(Cl)c1. The molecule has 0 aromatic heterocycles. The third-order valence-electron chi connectivity index (χ3n) is 1.32. The number of aromatic hydroxyl groups is 1. The van der Waals surface area contributed by atoms with E-state index in [0.29, 0.717) is 0 Å². The first-order valence-corrected chi connectivity index (χ1v) is 3.82. The van der Waals surface area contributed by atoms with Gasteiger partial charge in [-0.25, -0.2) is 0 Å². The van der Waals surface area contributed by atoms with Gasteiger partial charge >= 0.3 is 0 Å². The molecule has 0 aliphatic rings. The van der Waals surface area contributed by atoms with Crippen molar-refractivity contribution < 1.29 is 15.3 Å². The normalized spacial score (nSPS) is 10.8. The lowest BCUT2D eigenvalue weighted by molar-refractivity contribution is -0.0423. The van der Waals surface area contributed by atoms with Crippen molar-refractivity contribution in [3.8, 4) is 5.75 Å². The van der Waals surface area contributed by atoms with Crippen molar-refractivity contribution in [2.45, 2.75) is 6.29 Å². The maximum absolute atomic E-state index is 8.97. The molecule has 0 bridgehead atoms. The molecule has 3 nitrogen and oxygen atoms in total. The van der Waals surface area contributed by atoms with Crippen LogP contribution in [0.5, 0.6) is 5.75 Å². The van der Waals surface area contributed by atoms with Gasteiger partial charge in [0.1, 0.15) is 5.75 Å². The minimum atomic E-state index is -1.73. The zero-order chi connectivity index (χ0) is 9.30. The lowest BCUT2D eigenvalue weighted by atomic mass is 10.2. The Hall–Kier alpha value is -0.480. The van der Waals surface area contributed by atoms with E-state index in [-0.39, 0.29) is 21.4 Å². The molecule has 0 atom stereocenters. The molecule has 0 saturated heterocycles. The number of benzene rings is 1. The smallest absolute Gasteiger partial charge is 0.181 e. The van der Waals surface area contributed by atoms with E-state index in [0.717, 1.165) is 0 Å². The summed E-state index contributed by atoms with van der Waals surface area (Å²) >= 11 is 11.1. The van der Waals surface area contributed by atoms with E-state index in [1.165, 1.54) is 12.1 Å². The average Bonchev–Trinajstić information content (AvgIpc) is 1.82. The van der Waals surface area contributed by atoms with E-state index in [1.54, 1.807) is 0 Å². The Morgan fingerprint density at radius 1 is 1.08 bits per heavy atom. The second-order valence-electron chi connectivity index (χ2n) is 2.20. The van der Waals surface area contributed by atoms with Gasteiger partial charge in [-0.2, -0.15) is 0 Å². The van der Waals surface area contributed by atoms with Gasteiger partial charge in [0.15, 0.2) is 6.29 Å². The number of aliphatic hydroxyl groups is 2. The first kappa shape index (κ1) is 9.61. The highest BCUT2D eigenvalue weighted by Gasteiger charge is 2.13. The fraction of sp³-hybridized carbons (Fsp3) is 0.143. The highest BCUT2D eigenvalue weighted by atomic mass is 35.5. The van der Waals surface area contributed by atoms with Crippen LogP contribution in [0.3, 0.4) is 0 Å². The Balaban J connectivity index is 3.28. The van der Waals surface area contributed by atoms with Crippen LogP contribution >= 0.6 is 23.2 Å². The monoisotopic (exact) mass is 208 g/mol. The zero-order valence-electron chi connectivity index (χ0n) is 5.83. The molecule has 0 amide bonds. The van der Waals surface area contributed by atoms with Gasteiger partial charge in [-0.05, 0) is 12.1 Å². The highest BCUT2D eigenvalue weighted by Crippen LogP contribution is 2.32. The minimum Gasteiger partial charge on any atom is -0.508 e. The summed E-state index contributed by atoms with van der Waals surface area (Å²) in [7, 11) is 0. The van der Waals surface area contributed by atoms with Gasteiger partial charge in [0.05, 0.1) is 10.0 Å². The van der Waals surface area contributed by atoms with Crippen molar-refractivity contribution >= 4 is 23.2 Å². The van der Waals surface area contributed by atoms with Gasteiger partial charge in [0, 0.05) is 5.56 Å². The van der Waals surface area contributed by atoms with Crippen molar-refractivity contribution in [2.24, 2.45) is 0 Å². The van der Waals surface area contributed by atoms with E-state index < -0.39 is 6.29 Å². The molecule has 0 fully saturated rings. The van der Waals surface area contributed by atoms with Crippen molar-refractivity contribution in [1.29, 1.82) is 0 Å². The molecule has 3 N–H and O–H groups in total. The van der Waals surface area contributed by atoms with E-state index in [1.807, 2.05) is 0 Å². The lowest BCUT2D eigenvalue weighted by Gasteiger charge is -2.08. The Kier molecular flexibility index (Phi) is 2.80. The summed E-state index contributed by atoms with van der Waals surface area (Å²) in [5, 5.41) is 26.6. The number of phenolic OH excluding ortho intramolecular Hbond substituents is 1. The Bertz CT molecular complexity index is 276. The average molecular weight is 209 g/mol. The van der Waals surface area contributed by atoms with Crippen LogP contribution in [0.2, 0.25) is 10.0 Å². The van der Waals surface area contributed by atoms with E-state index in [4.69, 9.17) is 38.5 Å². The standard InChI is InChI=1S/C7H6Cl2O3/c8-4-1-3(10)2-5(9)6(4)7(11)12/h1-2,7,10-12H. The lowest BCUT2D eigenvalue weighted by Crippen LogP contribution is -1.96. The molecule has 0 unspecified atom stereocenters. The molecule has 5 heteroatoms. The molecule has 0 heterocycles. The molecular weight excluding hydrogens is 203 g/mol. The van der Waals surface area contributed by atoms with Crippen molar-refractivity contribution in [2.75, 3.05) is 0 Å². The van der Waals surface area contributed by atoms with E-state index in [9.17, 15) is 0 Å². The van der Waals surface area contributed by atoms with Gasteiger partial charge in [0.2, 0.25) is 0 Å². The highest BCUT2D eigenvalue weighted by molar-refractivity contribution is 6.36. The second-order valence-corrected chi connectivity index (χ2v) is 3.01. The van der Waals surface area contributed by atoms with Crippen molar-refractivity contribution in [3.63, 3.8) is 0 Å². The number of hydrogen-bond acceptors (Lipinski definition) is 3. The number of aliphatic hydroxyl groups excluding tert-OH is 1. The maximum atomic E-state index is 8.97. The molecule has 0 aliphatic heterocycles. The summed E-state index contributed by atoms with van der Waals surface area (Å²) in [4.78, 5) is 0. The summed E-state index contributed by atoms with van der Waals surface area (Å²) < 4.78 is 0. The van der Waals surface area contributed by atoms with Crippen LogP contribution in [-0.2, 0) is 0 Å². The van der Waals surface area contributed by atoms with Crippen molar-refractivity contribution in [1.82, 2.24) is 0 Å². The summed E-state index contributed by atoms with van der Waals surface area (Å²) in [6, 6.07) is 2.37. The fourth-order valence-electron chi connectivity index (χ4n) is 0.818. The maximum Gasteiger partial charge on any atom is 0.181 e. The zero-order valence-corrected chi connectivity index (χ0v) is 7.34. The van der Waals surface area contributed by atoms with Crippen LogP contribution in [-0.4, -0.2) is 15.3 Å². The van der Waals surface area contributed by atoms with Crippen LogP contribution in [0.15, 0.2) is 12.1 Å². The Morgan fingerprint density at radius 3 is 1.83 bits per heavy atom. The van der Waals surface area contributed by atoms with Gasteiger partial charge in [0.25, 0.3) is 0 Å². The number of rotatable bonds is 1. The molecule has 1 aromatic rings. The summed E-state index contributed by atoms with van der Waals surface area (Å²) in [6.07, 6.45) is -1.73. The summed E-state index contributed by atoms with van der Waals surface area (Å²) in [5.74, 6) is -0.116. The molecule has 1 rings (SSSR count). The number of phenols is 1. The first-order chi connectivity index (χ1) is 5.52. The molecule has 0 spiro atoms. The predicted octanol–water partition coefficient (Wildman–Crippen LogP) is 1.68. The predicted molar refractivity (Wildman–Crippen MR) is 45.3 cm³/mol. The molecule has 1 aromatic carbocycles. The van der Waals surface area contributed by atoms with Crippen LogP contribution in [0, 0.1) is 0 Å². The minimum absolute atomic E-state index is 0.00358. The number of hydrogen-bond donors (Lipinski definition) is 3. The van der Waals surface area contributed by atoms with Crippen molar-refractivity contribution in [3.05, 3.63) is 27.7 Å². The number of halogens is 2. The van der Waals surface area contributed by atoms with Crippen LogP contribution in [0.1, 0.15) is 11.9 Å². The second kappa shape index (κ2) is 3.49. The topological polar surface area (TPSA) is 60.7 Å². The van der Waals surface area contributed by atoms with Gasteiger partial charge in [-0.15, -0.1) is 0 Å². The van der Waals surface area contributed by atoms with E-state index >= 15 is 0 Å². The molecule has 0 aliphatic carbocycles. The van der Waals surface area contributed by atoms with Crippen LogP contribution < -0.4 is 0 Å².